The second-order valence-corrected chi connectivity index (χ2v) is 4.07. The van der Waals surface area contributed by atoms with Crippen molar-refractivity contribution in [3.63, 3.8) is 0 Å². The van der Waals surface area contributed by atoms with Crippen molar-refractivity contribution < 1.29 is 19.1 Å². The molecule has 0 fully saturated rings. The van der Waals surface area contributed by atoms with E-state index in [0.29, 0.717) is 17.0 Å². The zero-order chi connectivity index (χ0) is 13.8. The Morgan fingerprint density at radius 2 is 2.21 bits per heavy atom. The van der Waals surface area contributed by atoms with E-state index < -0.39 is 6.10 Å². The summed E-state index contributed by atoms with van der Waals surface area (Å²) in [5.41, 5.74) is 1.18. The molecule has 1 atom stereocenters. The van der Waals surface area contributed by atoms with Gasteiger partial charge in [-0.05, 0) is 36.8 Å². The Hall–Kier alpha value is -2.27. The Morgan fingerprint density at radius 3 is 2.79 bits per heavy atom. The number of anilines is 1. The molecule has 5 heteroatoms. The maximum atomic E-state index is 11.9. The monoisotopic (exact) mass is 261 g/mol. The van der Waals surface area contributed by atoms with Crippen LogP contribution in [0.2, 0.25) is 0 Å². The van der Waals surface area contributed by atoms with Crippen LogP contribution in [0.3, 0.4) is 0 Å². The summed E-state index contributed by atoms with van der Waals surface area (Å²) in [6.07, 6.45) is 0.809. The molecule has 0 aliphatic carbocycles. The predicted molar refractivity (Wildman–Crippen MR) is 70.3 cm³/mol. The molecule has 0 spiro atoms. The highest BCUT2D eigenvalue weighted by Gasteiger charge is 2.13. The number of nitrogens with one attached hydrogen (secondary N) is 1. The summed E-state index contributed by atoms with van der Waals surface area (Å²) in [6.45, 7) is 1.65. The zero-order valence-electron chi connectivity index (χ0n) is 10.7. The first-order valence-electron chi connectivity index (χ1n) is 5.82. The summed E-state index contributed by atoms with van der Waals surface area (Å²) in [4.78, 5) is 11.9. The second kappa shape index (κ2) is 5.58. The Bertz CT molecular complexity index is 561. The SMILES string of the molecule is COc1ccc([C@H](C)O)cc1NC(=O)c1ccco1. The summed E-state index contributed by atoms with van der Waals surface area (Å²) in [7, 11) is 1.51. The van der Waals surface area contributed by atoms with Gasteiger partial charge < -0.3 is 19.6 Å². The van der Waals surface area contributed by atoms with Crippen LogP contribution in [0.5, 0.6) is 5.75 Å². The van der Waals surface area contributed by atoms with Gasteiger partial charge in [-0.25, -0.2) is 0 Å². The number of hydrogen-bond donors (Lipinski definition) is 2. The fourth-order valence-corrected chi connectivity index (χ4v) is 1.67. The molecule has 1 aromatic heterocycles. The Labute approximate surface area is 110 Å². The molecule has 19 heavy (non-hydrogen) atoms. The predicted octanol–water partition coefficient (Wildman–Crippen LogP) is 2.59. The number of hydrogen-bond acceptors (Lipinski definition) is 4. The van der Waals surface area contributed by atoms with Gasteiger partial charge in [0, 0.05) is 0 Å². The van der Waals surface area contributed by atoms with Crippen LogP contribution in [-0.2, 0) is 0 Å². The molecule has 1 heterocycles. The maximum Gasteiger partial charge on any atom is 0.291 e. The van der Waals surface area contributed by atoms with Crippen molar-refractivity contribution in [2.45, 2.75) is 13.0 Å². The summed E-state index contributed by atoms with van der Waals surface area (Å²) in [6, 6.07) is 8.31. The van der Waals surface area contributed by atoms with E-state index in [2.05, 4.69) is 5.32 Å². The number of carbonyl (C=O) groups excluding carboxylic acids is 1. The van der Waals surface area contributed by atoms with Crippen LogP contribution in [0, 0.1) is 0 Å². The first-order chi connectivity index (χ1) is 9.11. The zero-order valence-corrected chi connectivity index (χ0v) is 10.7. The van der Waals surface area contributed by atoms with Crippen LogP contribution in [0.25, 0.3) is 0 Å². The molecule has 0 saturated heterocycles. The first-order valence-corrected chi connectivity index (χ1v) is 5.82. The molecule has 0 bridgehead atoms. The van der Waals surface area contributed by atoms with Gasteiger partial charge in [0.25, 0.3) is 5.91 Å². The molecule has 2 aromatic rings. The minimum absolute atomic E-state index is 0.213. The summed E-state index contributed by atoms with van der Waals surface area (Å²) >= 11 is 0. The Kier molecular flexibility index (Phi) is 3.87. The van der Waals surface area contributed by atoms with Crippen LogP contribution >= 0.6 is 0 Å². The van der Waals surface area contributed by atoms with E-state index in [1.54, 1.807) is 37.3 Å². The van der Waals surface area contributed by atoms with Crippen molar-refractivity contribution in [3.8, 4) is 5.75 Å². The van der Waals surface area contributed by atoms with Gasteiger partial charge >= 0.3 is 0 Å². The van der Waals surface area contributed by atoms with Gasteiger partial charge in [-0.2, -0.15) is 0 Å². The third-order valence-electron chi connectivity index (χ3n) is 2.70. The lowest BCUT2D eigenvalue weighted by atomic mass is 10.1. The lowest BCUT2D eigenvalue weighted by Gasteiger charge is -2.12. The smallest absolute Gasteiger partial charge is 0.291 e. The molecule has 0 aliphatic heterocycles. The fraction of sp³-hybridized carbons (Fsp3) is 0.214. The molecular weight excluding hydrogens is 246 g/mol. The van der Waals surface area contributed by atoms with Gasteiger partial charge in [-0.15, -0.1) is 0 Å². The standard InChI is InChI=1S/C14H15NO4/c1-9(16)10-5-6-12(18-2)11(8-10)15-14(17)13-4-3-7-19-13/h3-9,16H,1-2H3,(H,15,17)/t9-/m0/s1. The van der Waals surface area contributed by atoms with Crippen LogP contribution in [0.4, 0.5) is 5.69 Å². The molecule has 1 aromatic carbocycles. The topological polar surface area (TPSA) is 71.7 Å². The molecule has 5 nitrogen and oxygen atoms in total. The quantitative estimate of drug-likeness (QED) is 0.887. The summed E-state index contributed by atoms with van der Waals surface area (Å²) in [5.74, 6) is 0.361. The molecule has 0 saturated carbocycles. The van der Waals surface area contributed by atoms with E-state index >= 15 is 0 Å². The van der Waals surface area contributed by atoms with E-state index in [1.807, 2.05) is 0 Å². The molecule has 100 valence electrons. The third kappa shape index (κ3) is 2.95. The third-order valence-corrected chi connectivity index (χ3v) is 2.70. The van der Waals surface area contributed by atoms with Crippen molar-refractivity contribution in [2.75, 3.05) is 12.4 Å². The number of ether oxygens (including phenoxy) is 1. The van der Waals surface area contributed by atoms with Gasteiger partial charge in [0.2, 0.25) is 0 Å². The highest BCUT2D eigenvalue weighted by Crippen LogP contribution is 2.28. The minimum atomic E-state index is -0.620. The number of benzene rings is 1. The van der Waals surface area contributed by atoms with Crippen LogP contribution < -0.4 is 10.1 Å². The van der Waals surface area contributed by atoms with E-state index in [9.17, 15) is 9.90 Å². The van der Waals surface area contributed by atoms with Crippen LogP contribution in [0.1, 0.15) is 29.1 Å². The van der Waals surface area contributed by atoms with Crippen molar-refractivity contribution >= 4 is 11.6 Å². The fourth-order valence-electron chi connectivity index (χ4n) is 1.67. The number of aliphatic hydroxyl groups is 1. The van der Waals surface area contributed by atoms with Crippen molar-refractivity contribution in [1.29, 1.82) is 0 Å². The summed E-state index contributed by atoms with van der Waals surface area (Å²) in [5, 5.41) is 12.2. The molecule has 0 aliphatic rings. The minimum Gasteiger partial charge on any atom is -0.495 e. The largest absolute Gasteiger partial charge is 0.495 e. The van der Waals surface area contributed by atoms with Gasteiger partial charge in [-0.1, -0.05) is 6.07 Å². The molecule has 0 radical (unpaired) electrons. The van der Waals surface area contributed by atoms with Crippen molar-refractivity contribution in [1.82, 2.24) is 0 Å². The maximum absolute atomic E-state index is 11.9. The van der Waals surface area contributed by atoms with Gasteiger partial charge in [0.1, 0.15) is 5.75 Å². The van der Waals surface area contributed by atoms with Crippen LogP contribution in [-0.4, -0.2) is 18.1 Å². The van der Waals surface area contributed by atoms with Gasteiger partial charge in [0.05, 0.1) is 25.2 Å². The van der Waals surface area contributed by atoms with Crippen molar-refractivity contribution in [3.05, 3.63) is 47.9 Å². The summed E-state index contributed by atoms with van der Waals surface area (Å²) < 4.78 is 10.2. The number of rotatable bonds is 4. The second-order valence-electron chi connectivity index (χ2n) is 4.07. The Morgan fingerprint density at radius 1 is 1.42 bits per heavy atom. The normalized spacial score (nSPS) is 11.9. The first kappa shape index (κ1) is 13.2. The average molecular weight is 261 g/mol. The van der Waals surface area contributed by atoms with Gasteiger partial charge in [0.15, 0.2) is 5.76 Å². The highest BCUT2D eigenvalue weighted by atomic mass is 16.5. The van der Waals surface area contributed by atoms with Crippen molar-refractivity contribution in [2.24, 2.45) is 0 Å². The number of methoxy groups -OCH3 is 1. The average Bonchev–Trinajstić information content (AvgIpc) is 2.92. The lowest BCUT2D eigenvalue weighted by Crippen LogP contribution is -2.12. The van der Waals surface area contributed by atoms with E-state index in [0.717, 1.165) is 0 Å². The van der Waals surface area contributed by atoms with Gasteiger partial charge in [-0.3, -0.25) is 4.79 Å². The molecule has 2 rings (SSSR count). The lowest BCUT2D eigenvalue weighted by molar-refractivity contribution is 0.0996. The molecular formula is C14H15NO4. The Balaban J connectivity index is 2.27. The van der Waals surface area contributed by atoms with E-state index in [-0.39, 0.29) is 11.7 Å². The molecule has 0 unspecified atom stereocenters. The van der Waals surface area contributed by atoms with E-state index in [1.165, 1.54) is 13.4 Å². The molecule has 2 N–H and O–H groups in total. The highest BCUT2D eigenvalue weighted by molar-refractivity contribution is 6.03. The van der Waals surface area contributed by atoms with E-state index in [4.69, 9.17) is 9.15 Å². The molecule has 1 amide bonds. The number of aliphatic hydroxyl groups excluding tert-OH is 1. The number of furan rings is 1. The number of carbonyl (C=O) groups is 1. The van der Waals surface area contributed by atoms with Crippen LogP contribution in [0.15, 0.2) is 41.0 Å². The number of amides is 1.